The van der Waals surface area contributed by atoms with Crippen LogP contribution in [0, 0.1) is 0 Å². The molecule has 1 fully saturated rings. The molecule has 31 heavy (non-hydrogen) atoms. The van der Waals surface area contributed by atoms with E-state index in [1.807, 2.05) is 36.1 Å². The molecule has 0 radical (unpaired) electrons. The maximum absolute atomic E-state index is 13.0. The minimum Gasteiger partial charge on any atom is -0.480 e. The van der Waals surface area contributed by atoms with Gasteiger partial charge in [0, 0.05) is 43.8 Å². The van der Waals surface area contributed by atoms with Crippen molar-refractivity contribution in [3.63, 3.8) is 0 Å². The molecule has 0 spiro atoms. The summed E-state index contributed by atoms with van der Waals surface area (Å²) in [5.41, 5.74) is 1.76. The number of ether oxygens (including phenoxy) is 1. The van der Waals surface area contributed by atoms with Gasteiger partial charge in [0.2, 0.25) is 11.8 Å². The molecule has 0 aliphatic carbocycles. The van der Waals surface area contributed by atoms with E-state index in [1.165, 1.54) is 0 Å². The molecule has 8 nitrogen and oxygen atoms in total. The number of carbonyl (C=O) groups excluding carboxylic acids is 2. The zero-order valence-electron chi connectivity index (χ0n) is 18.5. The van der Waals surface area contributed by atoms with Crippen LogP contribution in [0.15, 0.2) is 24.3 Å². The number of nitrogens with zero attached hydrogens (tertiary/aromatic N) is 3. The van der Waals surface area contributed by atoms with Gasteiger partial charge in [-0.15, -0.1) is 0 Å². The van der Waals surface area contributed by atoms with Crippen LogP contribution in [0.5, 0.6) is 0 Å². The summed E-state index contributed by atoms with van der Waals surface area (Å²) in [6.07, 6.45) is 4.49. The van der Waals surface area contributed by atoms with E-state index in [2.05, 4.69) is 11.9 Å². The maximum Gasteiger partial charge on any atom is 0.329 e. The number of likely N-dealkylation sites (N-methyl/N-ethyl adjacent to an activating group) is 1. The normalized spacial score (nSPS) is 22.4. The van der Waals surface area contributed by atoms with E-state index in [0.29, 0.717) is 32.1 Å². The van der Waals surface area contributed by atoms with Gasteiger partial charge in [0.1, 0.15) is 13.2 Å². The summed E-state index contributed by atoms with van der Waals surface area (Å²) in [7, 11) is 2.11. The highest BCUT2D eigenvalue weighted by molar-refractivity contribution is 5.94. The fraction of sp³-hybridized carbons (Fsp3) is 0.609. The van der Waals surface area contributed by atoms with Crippen molar-refractivity contribution in [2.75, 3.05) is 38.3 Å². The summed E-state index contributed by atoms with van der Waals surface area (Å²) in [6.45, 7) is 2.66. The monoisotopic (exact) mass is 431 g/mol. The average Bonchev–Trinajstić information content (AvgIpc) is 2.76. The molecule has 2 amide bonds. The fourth-order valence-electron chi connectivity index (χ4n) is 4.65. The van der Waals surface area contributed by atoms with Gasteiger partial charge in [-0.25, -0.2) is 4.79 Å². The van der Waals surface area contributed by atoms with E-state index in [9.17, 15) is 14.4 Å². The lowest BCUT2D eigenvalue weighted by Gasteiger charge is -2.41. The predicted molar refractivity (Wildman–Crippen MR) is 117 cm³/mol. The van der Waals surface area contributed by atoms with Gasteiger partial charge in [0.15, 0.2) is 0 Å². The molecule has 1 aromatic rings. The van der Waals surface area contributed by atoms with Gasteiger partial charge in [0.05, 0.1) is 0 Å². The Morgan fingerprint density at radius 3 is 2.55 bits per heavy atom. The molecule has 2 atom stereocenters. The number of benzene rings is 1. The lowest BCUT2D eigenvalue weighted by Crippen LogP contribution is -2.51. The molecule has 2 aliphatic rings. The zero-order chi connectivity index (χ0) is 22.4. The molecule has 1 N–H and O–H groups in total. The summed E-state index contributed by atoms with van der Waals surface area (Å²) in [5, 5.41) is 8.81. The van der Waals surface area contributed by atoms with E-state index >= 15 is 0 Å². The van der Waals surface area contributed by atoms with Gasteiger partial charge in [0.25, 0.3) is 0 Å². The number of carboxylic acid groups (broad SMARTS) is 1. The third-order valence-corrected chi connectivity index (χ3v) is 6.39. The molecule has 170 valence electrons. The minimum absolute atomic E-state index is 0.0735. The van der Waals surface area contributed by atoms with Crippen LogP contribution in [0.3, 0.4) is 0 Å². The standard InChI is InChI=1S/C23H33N3O5/c1-3-21(27)26-12-11-18-8-6-9-19(24(18)2)14-25(22(28)15-31-16-23(29)30)13-17-7-4-5-10-20(17)26/h4-5,7,10,18-19H,3,6,8-9,11-16H2,1-2H3,(H,29,30). The van der Waals surface area contributed by atoms with Gasteiger partial charge < -0.3 is 19.6 Å². The summed E-state index contributed by atoms with van der Waals surface area (Å²) >= 11 is 0. The summed E-state index contributed by atoms with van der Waals surface area (Å²) in [4.78, 5) is 42.5. The van der Waals surface area contributed by atoms with Gasteiger partial charge in [-0.05, 0) is 37.9 Å². The number of amides is 2. The van der Waals surface area contributed by atoms with E-state index in [0.717, 1.165) is 36.9 Å². The second-order valence-electron chi connectivity index (χ2n) is 8.38. The fourth-order valence-corrected chi connectivity index (χ4v) is 4.65. The smallest absolute Gasteiger partial charge is 0.329 e. The van der Waals surface area contributed by atoms with E-state index in [1.54, 1.807) is 4.90 Å². The summed E-state index contributed by atoms with van der Waals surface area (Å²) < 4.78 is 5.09. The Labute approximate surface area is 183 Å². The number of hydrogen-bond acceptors (Lipinski definition) is 5. The van der Waals surface area contributed by atoms with Crippen LogP contribution in [0.1, 0.15) is 44.6 Å². The largest absolute Gasteiger partial charge is 0.480 e. The molecule has 1 aromatic carbocycles. The van der Waals surface area contributed by atoms with Crippen LogP contribution in [-0.4, -0.2) is 78.1 Å². The third-order valence-electron chi connectivity index (χ3n) is 6.39. The Morgan fingerprint density at radius 1 is 1.06 bits per heavy atom. The average molecular weight is 432 g/mol. The molecule has 2 unspecified atom stereocenters. The van der Waals surface area contributed by atoms with E-state index in [4.69, 9.17) is 9.84 Å². The van der Waals surface area contributed by atoms with Crippen molar-refractivity contribution in [2.45, 2.75) is 57.7 Å². The Kier molecular flexibility index (Phi) is 8.03. The molecule has 2 bridgehead atoms. The number of piperidine rings is 1. The number of aliphatic carboxylic acids is 1. The zero-order valence-corrected chi connectivity index (χ0v) is 18.5. The Bertz CT molecular complexity index is 799. The van der Waals surface area contributed by atoms with Crippen LogP contribution in [0.25, 0.3) is 0 Å². The van der Waals surface area contributed by atoms with Gasteiger partial charge in [-0.1, -0.05) is 31.5 Å². The maximum atomic E-state index is 13.0. The lowest BCUT2D eigenvalue weighted by atomic mass is 9.93. The van der Waals surface area contributed by atoms with Crippen LogP contribution in [0.4, 0.5) is 5.69 Å². The summed E-state index contributed by atoms with van der Waals surface area (Å²) in [5.74, 6) is -1.26. The van der Waals surface area contributed by atoms with Gasteiger partial charge >= 0.3 is 5.97 Å². The molecule has 3 rings (SSSR count). The SMILES string of the molecule is CCC(=O)N1CCC2CCCC(CN(C(=O)COCC(=O)O)Cc3ccccc31)N2C. The first-order valence-corrected chi connectivity index (χ1v) is 11.1. The second-order valence-corrected chi connectivity index (χ2v) is 8.38. The van der Waals surface area contributed by atoms with Crippen molar-refractivity contribution < 1.29 is 24.2 Å². The van der Waals surface area contributed by atoms with Crippen LogP contribution in [0.2, 0.25) is 0 Å². The van der Waals surface area contributed by atoms with Crippen molar-refractivity contribution in [1.29, 1.82) is 0 Å². The number of carboxylic acids is 1. The minimum atomic E-state index is -1.10. The van der Waals surface area contributed by atoms with Crippen LogP contribution in [-0.2, 0) is 25.7 Å². The Hall–Kier alpha value is -2.45. The van der Waals surface area contributed by atoms with Crippen molar-refractivity contribution >= 4 is 23.5 Å². The first kappa shape index (κ1) is 23.2. The molecular weight excluding hydrogens is 398 g/mol. The van der Waals surface area contributed by atoms with Crippen LogP contribution < -0.4 is 4.90 Å². The Balaban J connectivity index is 1.93. The molecule has 0 saturated carbocycles. The first-order chi connectivity index (χ1) is 14.9. The number of hydrogen-bond donors (Lipinski definition) is 1. The quantitative estimate of drug-likeness (QED) is 0.768. The molecule has 8 heteroatoms. The van der Waals surface area contributed by atoms with Crippen LogP contribution >= 0.6 is 0 Å². The van der Waals surface area contributed by atoms with Crippen molar-refractivity contribution in [3.05, 3.63) is 29.8 Å². The number of rotatable bonds is 5. The number of carbonyl (C=O) groups is 3. The second kappa shape index (κ2) is 10.7. The highest BCUT2D eigenvalue weighted by Crippen LogP contribution is 2.29. The highest BCUT2D eigenvalue weighted by Gasteiger charge is 2.32. The number of anilines is 1. The highest BCUT2D eigenvalue weighted by atomic mass is 16.5. The Morgan fingerprint density at radius 2 is 1.81 bits per heavy atom. The van der Waals surface area contributed by atoms with E-state index in [-0.39, 0.29) is 24.5 Å². The van der Waals surface area contributed by atoms with Gasteiger partial charge in [-0.3, -0.25) is 14.5 Å². The number of fused-ring (bicyclic) bond motifs is 3. The molecule has 1 saturated heterocycles. The molecule has 0 aromatic heterocycles. The van der Waals surface area contributed by atoms with E-state index < -0.39 is 12.6 Å². The lowest BCUT2D eigenvalue weighted by molar-refractivity contribution is -0.146. The predicted octanol–water partition coefficient (Wildman–Crippen LogP) is 2.12. The van der Waals surface area contributed by atoms with Gasteiger partial charge in [-0.2, -0.15) is 0 Å². The molecule has 2 heterocycles. The molecule has 2 aliphatic heterocycles. The number of para-hydroxylation sites is 1. The van der Waals surface area contributed by atoms with Crippen molar-refractivity contribution in [2.24, 2.45) is 0 Å². The third kappa shape index (κ3) is 5.83. The topological polar surface area (TPSA) is 90.4 Å². The summed E-state index contributed by atoms with van der Waals surface area (Å²) in [6, 6.07) is 8.32. The molecular formula is C23H33N3O5. The van der Waals surface area contributed by atoms with Crippen molar-refractivity contribution in [1.82, 2.24) is 9.80 Å². The van der Waals surface area contributed by atoms with Crippen molar-refractivity contribution in [3.8, 4) is 0 Å². The first-order valence-electron chi connectivity index (χ1n) is 11.1.